The summed E-state index contributed by atoms with van der Waals surface area (Å²) < 4.78 is 0. The summed E-state index contributed by atoms with van der Waals surface area (Å²) in [5.41, 5.74) is 1.52. The van der Waals surface area contributed by atoms with Crippen LogP contribution in [0.15, 0.2) is 18.5 Å². The average molecular weight is 155 g/mol. The molecule has 0 unspecified atom stereocenters. The van der Waals surface area contributed by atoms with Crippen molar-refractivity contribution >= 4 is 0 Å². The molecule has 0 spiro atoms. The Balaban J connectivity index is 2.86. The van der Waals surface area contributed by atoms with Crippen LogP contribution in [0.2, 0.25) is 0 Å². The fourth-order valence-electron chi connectivity index (χ4n) is 0.810. The lowest BCUT2D eigenvalue weighted by molar-refractivity contribution is 1.20. The Morgan fingerprint density at radius 3 is 3.00 bits per heavy atom. The minimum atomic E-state index is 0.568. The van der Waals surface area contributed by atoms with Crippen LogP contribution in [0.4, 0.5) is 0 Å². The maximum atomic E-state index is 8.55. The van der Waals surface area contributed by atoms with Crippen molar-refractivity contribution in [2.75, 3.05) is 0 Å². The van der Waals surface area contributed by atoms with Crippen molar-refractivity contribution in [2.24, 2.45) is 0 Å². The summed E-state index contributed by atoms with van der Waals surface area (Å²) in [5.74, 6) is 5.35. The van der Waals surface area contributed by atoms with Gasteiger partial charge in [-0.15, -0.1) is 5.92 Å². The van der Waals surface area contributed by atoms with E-state index in [-0.39, 0.29) is 0 Å². The van der Waals surface area contributed by atoms with Crippen molar-refractivity contribution in [3.63, 3.8) is 0 Å². The van der Waals surface area contributed by atoms with E-state index in [1.54, 1.807) is 12.3 Å². The van der Waals surface area contributed by atoms with Crippen LogP contribution in [0.5, 0.6) is 0 Å². The van der Waals surface area contributed by atoms with Crippen LogP contribution in [0.25, 0.3) is 0 Å². The summed E-state index contributed by atoms with van der Waals surface area (Å²) in [5, 5.41) is 8.55. The molecule has 57 valence electrons. The van der Waals surface area contributed by atoms with Crippen molar-refractivity contribution in [1.82, 2.24) is 4.98 Å². The Hall–Kier alpha value is -1.80. The van der Waals surface area contributed by atoms with Gasteiger partial charge in [0.15, 0.2) is 0 Å². The Bertz CT molecular complexity index is 363. The molecule has 1 radical (unpaired) electrons. The van der Waals surface area contributed by atoms with Gasteiger partial charge < -0.3 is 0 Å². The van der Waals surface area contributed by atoms with Gasteiger partial charge in [-0.25, -0.2) is 0 Å². The van der Waals surface area contributed by atoms with Crippen molar-refractivity contribution in [3.05, 3.63) is 36.5 Å². The van der Waals surface area contributed by atoms with E-state index in [0.717, 1.165) is 5.56 Å². The van der Waals surface area contributed by atoms with E-state index in [9.17, 15) is 0 Å². The van der Waals surface area contributed by atoms with Crippen molar-refractivity contribution < 1.29 is 0 Å². The molecule has 0 aliphatic carbocycles. The summed E-state index contributed by atoms with van der Waals surface area (Å²) in [6.07, 6.45) is 3.83. The average Bonchev–Trinajstić information content (AvgIpc) is 2.15. The highest BCUT2D eigenvalue weighted by Gasteiger charge is 1.92. The highest BCUT2D eigenvalue weighted by atomic mass is 14.6. The van der Waals surface area contributed by atoms with Crippen molar-refractivity contribution in [1.29, 1.82) is 5.26 Å². The number of nitriles is 1. The molecular formula is C10H7N2. The minimum Gasteiger partial charge on any atom is -0.263 e. The molecule has 1 aromatic heterocycles. The molecule has 0 saturated heterocycles. The molecule has 2 nitrogen and oxygen atoms in total. The van der Waals surface area contributed by atoms with E-state index in [4.69, 9.17) is 5.26 Å². The molecule has 0 aliphatic rings. The first-order valence-corrected chi connectivity index (χ1v) is 3.46. The smallest absolute Gasteiger partial charge is 0.101 e. The lowest BCUT2D eigenvalue weighted by Crippen LogP contribution is -1.85. The second-order valence-corrected chi connectivity index (χ2v) is 2.22. The fraction of sp³-hybridized carbons (Fsp3) is 0.100. The number of nitrogens with zero attached hydrogens (tertiary/aromatic N) is 2. The molecule has 1 rings (SSSR count). The van der Waals surface area contributed by atoms with Gasteiger partial charge in [0, 0.05) is 25.7 Å². The number of rotatable bonds is 1. The standard InChI is InChI=1S/C10H7N2/c1-2-3-4-9-5-10(6-11)8-12-7-9/h5,7-8H,1,4H2. The van der Waals surface area contributed by atoms with Crippen LogP contribution in [0.1, 0.15) is 11.1 Å². The highest BCUT2D eigenvalue weighted by Crippen LogP contribution is 2.01. The number of aromatic nitrogens is 1. The van der Waals surface area contributed by atoms with E-state index in [0.29, 0.717) is 12.0 Å². The topological polar surface area (TPSA) is 36.7 Å². The lowest BCUT2D eigenvalue weighted by atomic mass is 10.2. The zero-order valence-electron chi connectivity index (χ0n) is 6.54. The molecule has 1 aromatic rings. The molecule has 2 heteroatoms. The first kappa shape index (κ1) is 8.30. The zero-order valence-corrected chi connectivity index (χ0v) is 6.54. The van der Waals surface area contributed by atoms with Gasteiger partial charge in [-0.1, -0.05) is 5.92 Å². The highest BCUT2D eigenvalue weighted by molar-refractivity contribution is 5.30. The van der Waals surface area contributed by atoms with Gasteiger partial charge >= 0.3 is 0 Å². The Kier molecular flexibility index (Phi) is 2.87. The van der Waals surface area contributed by atoms with E-state index in [1.165, 1.54) is 6.20 Å². The molecule has 0 atom stereocenters. The predicted octanol–water partition coefficient (Wildman–Crippen LogP) is 1.33. The summed E-state index contributed by atoms with van der Waals surface area (Å²) in [4.78, 5) is 3.90. The maximum absolute atomic E-state index is 8.55. The molecule has 1 heterocycles. The normalized spacial score (nSPS) is 8.00. The van der Waals surface area contributed by atoms with E-state index >= 15 is 0 Å². The first-order valence-electron chi connectivity index (χ1n) is 3.46. The van der Waals surface area contributed by atoms with Gasteiger partial charge in [0.25, 0.3) is 0 Å². The summed E-state index contributed by atoms with van der Waals surface area (Å²) >= 11 is 0. The van der Waals surface area contributed by atoms with Gasteiger partial charge in [0.05, 0.1) is 5.56 Å². The summed E-state index contributed by atoms with van der Waals surface area (Å²) in [7, 11) is 0. The minimum absolute atomic E-state index is 0.568. The van der Waals surface area contributed by atoms with Gasteiger partial charge in [-0.3, -0.25) is 4.98 Å². The van der Waals surface area contributed by atoms with Gasteiger partial charge in [-0.2, -0.15) is 5.26 Å². The largest absolute Gasteiger partial charge is 0.263 e. The number of hydrogen-bond donors (Lipinski definition) is 0. The lowest BCUT2D eigenvalue weighted by Gasteiger charge is -1.92. The predicted molar refractivity (Wildman–Crippen MR) is 45.8 cm³/mol. The molecule has 0 N–H and O–H groups in total. The van der Waals surface area contributed by atoms with Crippen LogP contribution in [0.3, 0.4) is 0 Å². The monoisotopic (exact) mass is 155 g/mol. The molecular weight excluding hydrogens is 148 g/mol. The number of hydrogen-bond acceptors (Lipinski definition) is 2. The van der Waals surface area contributed by atoms with Gasteiger partial charge in [0.1, 0.15) is 6.07 Å². The van der Waals surface area contributed by atoms with Crippen LogP contribution < -0.4 is 0 Å². The Labute approximate surface area is 71.9 Å². The van der Waals surface area contributed by atoms with Crippen LogP contribution in [-0.4, -0.2) is 4.98 Å². The fourth-order valence-corrected chi connectivity index (χ4v) is 0.810. The third-order valence-electron chi connectivity index (χ3n) is 1.34. The van der Waals surface area contributed by atoms with Crippen LogP contribution in [-0.2, 0) is 6.42 Å². The Morgan fingerprint density at radius 1 is 1.50 bits per heavy atom. The quantitative estimate of drug-likeness (QED) is 0.574. The van der Waals surface area contributed by atoms with E-state index in [2.05, 4.69) is 23.7 Å². The summed E-state index contributed by atoms with van der Waals surface area (Å²) in [6.45, 7) is 3.40. The third kappa shape index (κ3) is 2.11. The van der Waals surface area contributed by atoms with Crippen LogP contribution in [0, 0.1) is 30.1 Å². The van der Waals surface area contributed by atoms with Gasteiger partial charge in [-0.05, 0) is 11.6 Å². The van der Waals surface area contributed by atoms with Crippen LogP contribution >= 0.6 is 0 Å². The molecule has 0 saturated carbocycles. The van der Waals surface area contributed by atoms with Crippen molar-refractivity contribution in [3.8, 4) is 17.9 Å². The van der Waals surface area contributed by atoms with Crippen molar-refractivity contribution in [2.45, 2.75) is 6.42 Å². The number of pyridine rings is 1. The molecule has 0 aromatic carbocycles. The third-order valence-corrected chi connectivity index (χ3v) is 1.34. The van der Waals surface area contributed by atoms with E-state index < -0.39 is 0 Å². The Morgan fingerprint density at radius 2 is 2.33 bits per heavy atom. The summed E-state index contributed by atoms with van der Waals surface area (Å²) in [6, 6.07) is 3.79. The maximum Gasteiger partial charge on any atom is 0.101 e. The molecule has 0 amide bonds. The molecule has 0 fully saturated rings. The van der Waals surface area contributed by atoms with Gasteiger partial charge in [0.2, 0.25) is 0 Å². The van der Waals surface area contributed by atoms with E-state index in [1.807, 2.05) is 6.07 Å². The second kappa shape index (κ2) is 4.16. The molecule has 0 bridgehead atoms. The molecule has 0 aliphatic heterocycles. The SMILES string of the molecule is [CH2]C#CCc1cncc(C#N)c1. The zero-order chi connectivity index (χ0) is 8.81. The molecule has 12 heavy (non-hydrogen) atoms. The first-order chi connectivity index (χ1) is 5.86. The second-order valence-electron chi connectivity index (χ2n) is 2.22.